The van der Waals surface area contributed by atoms with Gasteiger partial charge in [-0.25, -0.2) is 0 Å². The smallest absolute Gasteiger partial charge is 0.237 e. The quantitative estimate of drug-likeness (QED) is 0.696. The summed E-state index contributed by atoms with van der Waals surface area (Å²) in [4.78, 5) is 14.0. The van der Waals surface area contributed by atoms with Gasteiger partial charge >= 0.3 is 0 Å². The largest absolute Gasteiger partial charge is 0.393 e. The van der Waals surface area contributed by atoms with Crippen LogP contribution >= 0.6 is 0 Å². The number of carbonyl (C=O) groups excluding carboxylic acids is 1. The number of nitrogens with one attached hydrogen (secondary N) is 1. The van der Waals surface area contributed by atoms with E-state index in [4.69, 9.17) is 0 Å². The van der Waals surface area contributed by atoms with E-state index >= 15 is 0 Å². The van der Waals surface area contributed by atoms with E-state index in [1.807, 2.05) is 6.92 Å². The van der Waals surface area contributed by atoms with Gasteiger partial charge in [0.05, 0.1) is 12.1 Å². The lowest BCUT2D eigenvalue weighted by Gasteiger charge is -2.24. The summed E-state index contributed by atoms with van der Waals surface area (Å²) in [5.74, 6) is 1.02. The Kier molecular flexibility index (Phi) is 3.84. The van der Waals surface area contributed by atoms with Crippen molar-refractivity contribution in [3.8, 4) is 0 Å². The number of hydrogen-bond acceptors (Lipinski definition) is 3. The lowest BCUT2D eigenvalue weighted by atomic mass is 10.00. The molecule has 2 aliphatic rings. The van der Waals surface area contributed by atoms with Crippen molar-refractivity contribution in [2.45, 2.75) is 31.9 Å². The van der Waals surface area contributed by atoms with Crippen molar-refractivity contribution in [2.24, 2.45) is 11.8 Å². The fourth-order valence-electron chi connectivity index (χ4n) is 3.07. The van der Waals surface area contributed by atoms with Crippen LogP contribution in [0.4, 0.5) is 0 Å². The van der Waals surface area contributed by atoms with Crippen molar-refractivity contribution in [2.75, 3.05) is 19.6 Å². The van der Waals surface area contributed by atoms with E-state index in [1.54, 1.807) is 6.08 Å². The third-order valence-electron chi connectivity index (χ3n) is 4.20. The Morgan fingerprint density at radius 1 is 1.59 bits per heavy atom. The third kappa shape index (κ3) is 2.53. The number of amides is 1. The molecule has 1 amide bonds. The molecule has 0 aromatic heterocycles. The first-order chi connectivity index (χ1) is 8.13. The standard InChI is InChI=1S/C13H22N2O2/c1-3-6-14-13(17)9(2)15-7-10-4-5-12(16)11(10)8-15/h3,9-12,16H,1,4-8H2,2H3,(H,14,17). The highest BCUT2D eigenvalue weighted by Crippen LogP contribution is 2.38. The first-order valence-electron chi connectivity index (χ1n) is 6.44. The second-order valence-corrected chi connectivity index (χ2v) is 5.23. The highest BCUT2D eigenvalue weighted by molar-refractivity contribution is 5.81. The Morgan fingerprint density at radius 3 is 3.00 bits per heavy atom. The van der Waals surface area contributed by atoms with E-state index in [1.165, 1.54) is 0 Å². The van der Waals surface area contributed by atoms with Gasteiger partial charge in [-0.3, -0.25) is 9.69 Å². The fourth-order valence-corrected chi connectivity index (χ4v) is 3.07. The number of fused-ring (bicyclic) bond motifs is 1. The molecule has 0 spiro atoms. The Bertz CT molecular complexity index is 306. The first kappa shape index (κ1) is 12.6. The van der Waals surface area contributed by atoms with E-state index in [0.29, 0.717) is 18.4 Å². The van der Waals surface area contributed by atoms with Gasteiger partial charge in [0, 0.05) is 25.6 Å². The van der Waals surface area contributed by atoms with Gasteiger partial charge in [0.25, 0.3) is 0 Å². The van der Waals surface area contributed by atoms with Gasteiger partial charge in [0.1, 0.15) is 0 Å². The average molecular weight is 238 g/mol. The summed E-state index contributed by atoms with van der Waals surface area (Å²) in [7, 11) is 0. The van der Waals surface area contributed by atoms with Gasteiger partial charge in [0.2, 0.25) is 5.91 Å². The molecule has 4 unspecified atom stereocenters. The lowest BCUT2D eigenvalue weighted by molar-refractivity contribution is -0.125. The maximum atomic E-state index is 11.8. The summed E-state index contributed by atoms with van der Waals surface area (Å²) in [6.45, 7) is 7.85. The Labute approximate surface area is 103 Å². The van der Waals surface area contributed by atoms with Crippen molar-refractivity contribution in [3.63, 3.8) is 0 Å². The molecule has 1 aliphatic heterocycles. The van der Waals surface area contributed by atoms with Gasteiger partial charge in [0.15, 0.2) is 0 Å². The second-order valence-electron chi connectivity index (χ2n) is 5.23. The molecule has 1 aliphatic carbocycles. The summed E-state index contributed by atoms with van der Waals surface area (Å²) < 4.78 is 0. The maximum absolute atomic E-state index is 11.8. The number of hydrogen-bond donors (Lipinski definition) is 2. The van der Waals surface area contributed by atoms with Crippen LogP contribution in [0.1, 0.15) is 19.8 Å². The normalized spacial score (nSPS) is 34.4. The van der Waals surface area contributed by atoms with Crippen LogP contribution < -0.4 is 5.32 Å². The summed E-state index contributed by atoms with van der Waals surface area (Å²) in [6, 6.07) is -0.104. The summed E-state index contributed by atoms with van der Waals surface area (Å²) in [5.41, 5.74) is 0. The molecular weight excluding hydrogens is 216 g/mol. The Balaban J connectivity index is 1.87. The summed E-state index contributed by atoms with van der Waals surface area (Å²) in [6.07, 6.45) is 3.56. The van der Waals surface area contributed by atoms with Crippen LogP contribution in [0, 0.1) is 11.8 Å². The minimum Gasteiger partial charge on any atom is -0.393 e. The van der Waals surface area contributed by atoms with Crippen molar-refractivity contribution >= 4 is 5.91 Å². The van der Waals surface area contributed by atoms with Gasteiger partial charge in [-0.05, 0) is 25.7 Å². The molecule has 4 atom stereocenters. The molecular formula is C13H22N2O2. The molecule has 2 rings (SSSR count). The van der Waals surface area contributed by atoms with Crippen LogP contribution in [0.3, 0.4) is 0 Å². The molecule has 0 radical (unpaired) electrons. The Hall–Kier alpha value is -0.870. The van der Waals surface area contributed by atoms with E-state index in [0.717, 1.165) is 25.9 Å². The SMILES string of the molecule is C=CCNC(=O)C(C)N1CC2CCC(O)C2C1. The molecule has 17 heavy (non-hydrogen) atoms. The number of carbonyl (C=O) groups is 1. The zero-order chi connectivity index (χ0) is 12.4. The van der Waals surface area contributed by atoms with E-state index in [-0.39, 0.29) is 18.1 Å². The van der Waals surface area contributed by atoms with Crippen molar-refractivity contribution in [1.29, 1.82) is 0 Å². The minimum absolute atomic E-state index is 0.0550. The predicted molar refractivity (Wildman–Crippen MR) is 66.5 cm³/mol. The molecule has 0 aromatic carbocycles. The number of rotatable bonds is 4. The molecule has 1 saturated heterocycles. The number of aliphatic hydroxyl groups is 1. The van der Waals surface area contributed by atoms with Crippen LogP contribution in [-0.2, 0) is 4.79 Å². The molecule has 2 N–H and O–H groups in total. The maximum Gasteiger partial charge on any atom is 0.237 e. The second kappa shape index (κ2) is 5.19. The van der Waals surface area contributed by atoms with E-state index < -0.39 is 0 Å². The minimum atomic E-state index is -0.159. The highest BCUT2D eigenvalue weighted by Gasteiger charge is 2.43. The highest BCUT2D eigenvalue weighted by atomic mass is 16.3. The van der Waals surface area contributed by atoms with Crippen molar-refractivity contribution < 1.29 is 9.90 Å². The van der Waals surface area contributed by atoms with Crippen molar-refractivity contribution in [3.05, 3.63) is 12.7 Å². The number of nitrogens with zero attached hydrogens (tertiary/aromatic N) is 1. The molecule has 4 heteroatoms. The molecule has 2 fully saturated rings. The van der Waals surface area contributed by atoms with E-state index in [9.17, 15) is 9.90 Å². The van der Waals surface area contributed by atoms with Crippen LogP contribution in [0.2, 0.25) is 0 Å². The van der Waals surface area contributed by atoms with Gasteiger partial charge in [-0.15, -0.1) is 6.58 Å². The van der Waals surface area contributed by atoms with Gasteiger partial charge in [-0.2, -0.15) is 0 Å². The van der Waals surface area contributed by atoms with Crippen LogP contribution in [-0.4, -0.2) is 47.7 Å². The Morgan fingerprint density at radius 2 is 2.35 bits per heavy atom. The topological polar surface area (TPSA) is 52.6 Å². The average Bonchev–Trinajstić information content (AvgIpc) is 2.88. The number of likely N-dealkylation sites (tertiary alicyclic amines) is 1. The van der Waals surface area contributed by atoms with Gasteiger partial charge in [-0.1, -0.05) is 6.08 Å². The lowest BCUT2D eigenvalue weighted by Crippen LogP contribution is -2.44. The molecule has 96 valence electrons. The summed E-state index contributed by atoms with van der Waals surface area (Å²) in [5, 5.41) is 12.7. The zero-order valence-electron chi connectivity index (χ0n) is 10.4. The molecule has 1 heterocycles. The monoisotopic (exact) mass is 238 g/mol. The van der Waals surface area contributed by atoms with Crippen LogP contribution in [0.15, 0.2) is 12.7 Å². The van der Waals surface area contributed by atoms with Crippen LogP contribution in [0.25, 0.3) is 0 Å². The van der Waals surface area contributed by atoms with E-state index in [2.05, 4.69) is 16.8 Å². The molecule has 0 bridgehead atoms. The van der Waals surface area contributed by atoms with Crippen LogP contribution in [0.5, 0.6) is 0 Å². The predicted octanol–water partition coefficient (Wildman–Crippen LogP) is 0.380. The van der Waals surface area contributed by atoms with Gasteiger partial charge < -0.3 is 10.4 Å². The molecule has 0 aromatic rings. The summed E-state index contributed by atoms with van der Waals surface area (Å²) >= 11 is 0. The van der Waals surface area contributed by atoms with Crippen molar-refractivity contribution in [1.82, 2.24) is 10.2 Å². The first-order valence-corrected chi connectivity index (χ1v) is 6.44. The molecule has 4 nitrogen and oxygen atoms in total. The zero-order valence-corrected chi connectivity index (χ0v) is 10.4. The third-order valence-corrected chi connectivity index (χ3v) is 4.20. The molecule has 1 saturated carbocycles. The fraction of sp³-hybridized carbons (Fsp3) is 0.769. The number of aliphatic hydroxyl groups excluding tert-OH is 1.